The maximum atomic E-state index is 12.2. The standard InChI is InChI=1S/C20H9Cl3N2O5/c21-10-1-4-13(15(22)7-10)18-6-3-12(29-18)9-17-20(26)30-19(24-17)14-5-2-11(25(27)28)8-16(14)23/h1-9H/b17-9+. The Kier molecular flexibility index (Phi) is 5.34. The third-order valence-electron chi connectivity index (χ3n) is 4.12. The van der Waals surface area contributed by atoms with Gasteiger partial charge >= 0.3 is 5.97 Å². The van der Waals surface area contributed by atoms with Gasteiger partial charge in [0.05, 0.1) is 20.5 Å². The predicted molar refractivity (Wildman–Crippen MR) is 113 cm³/mol. The summed E-state index contributed by atoms with van der Waals surface area (Å²) < 4.78 is 10.9. The maximum Gasteiger partial charge on any atom is 0.363 e. The van der Waals surface area contributed by atoms with Crippen LogP contribution in [-0.2, 0) is 9.53 Å². The van der Waals surface area contributed by atoms with Crippen molar-refractivity contribution in [1.29, 1.82) is 0 Å². The first-order chi connectivity index (χ1) is 14.3. The Labute approximate surface area is 184 Å². The number of esters is 1. The van der Waals surface area contributed by atoms with Gasteiger partial charge in [0.2, 0.25) is 5.90 Å². The number of furan rings is 1. The Morgan fingerprint density at radius 2 is 1.70 bits per heavy atom. The van der Waals surface area contributed by atoms with Crippen molar-refractivity contribution < 1.29 is 18.9 Å². The molecule has 0 saturated carbocycles. The molecule has 30 heavy (non-hydrogen) atoms. The molecule has 0 amide bonds. The number of carbonyl (C=O) groups is 1. The first-order valence-corrected chi connectivity index (χ1v) is 9.47. The third kappa shape index (κ3) is 3.95. The number of nitro groups is 1. The summed E-state index contributed by atoms with van der Waals surface area (Å²) in [6, 6.07) is 12.1. The minimum atomic E-state index is -0.707. The van der Waals surface area contributed by atoms with E-state index in [4.69, 9.17) is 44.0 Å². The number of non-ortho nitro benzene ring substituents is 1. The van der Waals surface area contributed by atoms with E-state index in [1.165, 1.54) is 18.2 Å². The molecule has 1 aliphatic heterocycles. The highest BCUT2D eigenvalue weighted by Gasteiger charge is 2.27. The number of nitro benzene ring substituents is 1. The van der Waals surface area contributed by atoms with Gasteiger partial charge < -0.3 is 9.15 Å². The average Bonchev–Trinajstić information content (AvgIpc) is 3.29. The first kappa shape index (κ1) is 20.2. The second-order valence-electron chi connectivity index (χ2n) is 6.08. The van der Waals surface area contributed by atoms with E-state index in [9.17, 15) is 14.9 Å². The largest absolute Gasteiger partial charge is 0.457 e. The Morgan fingerprint density at radius 3 is 2.40 bits per heavy atom. The van der Waals surface area contributed by atoms with Gasteiger partial charge in [0.25, 0.3) is 5.69 Å². The molecule has 10 heteroatoms. The van der Waals surface area contributed by atoms with Gasteiger partial charge in [-0.05, 0) is 36.4 Å². The lowest BCUT2D eigenvalue weighted by molar-refractivity contribution is -0.384. The average molecular weight is 464 g/mol. The fourth-order valence-electron chi connectivity index (χ4n) is 2.71. The Morgan fingerprint density at radius 1 is 0.967 bits per heavy atom. The summed E-state index contributed by atoms with van der Waals surface area (Å²) in [6.07, 6.45) is 1.40. The molecule has 2 heterocycles. The van der Waals surface area contributed by atoms with Gasteiger partial charge in [-0.3, -0.25) is 10.1 Å². The Bertz CT molecular complexity index is 1260. The van der Waals surface area contributed by atoms with Crippen molar-refractivity contribution in [2.24, 2.45) is 4.99 Å². The smallest absolute Gasteiger partial charge is 0.363 e. The van der Waals surface area contributed by atoms with E-state index < -0.39 is 10.9 Å². The van der Waals surface area contributed by atoms with E-state index in [0.29, 0.717) is 27.1 Å². The molecule has 0 fully saturated rings. The minimum Gasteiger partial charge on any atom is -0.457 e. The summed E-state index contributed by atoms with van der Waals surface area (Å²) in [4.78, 5) is 26.6. The van der Waals surface area contributed by atoms with Crippen LogP contribution in [0.5, 0.6) is 0 Å². The normalized spacial score (nSPS) is 14.7. The van der Waals surface area contributed by atoms with Crippen LogP contribution in [0.15, 0.2) is 63.6 Å². The van der Waals surface area contributed by atoms with E-state index in [1.807, 2.05) is 0 Å². The van der Waals surface area contributed by atoms with Gasteiger partial charge in [0.15, 0.2) is 5.70 Å². The van der Waals surface area contributed by atoms with Crippen molar-refractivity contribution in [3.8, 4) is 11.3 Å². The van der Waals surface area contributed by atoms with Crippen LogP contribution >= 0.6 is 34.8 Å². The van der Waals surface area contributed by atoms with Crippen LogP contribution in [-0.4, -0.2) is 16.8 Å². The molecule has 150 valence electrons. The molecule has 1 aliphatic rings. The molecular formula is C20H9Cl3N2O5. The van der Waals surface area contributed by atoms with Gasteiger partial charge in [-0.25, -0.2) is 9.79 Å². The van der Waals surface area contributed by atoms with Crippen molar-refractivity contribution in [3.05, 3.63) is 90.7 Å². The number of aliphatic imine (C=N–C) groups is 1. The number of benzene rings is 2. The highest BCUT2D eigenvalue weighted by atomic mass is 35.5. The molecule has 2 aromatic carbocycles. The highest BCUT2D eigenvalue weighted by molar-refractivity contribution is 6.36. The molecule has 0 unspecified atom stereocenters. The number of carbonyl (C=O) groups excluding carboxylic acids is 1. The van der Waals surface area contributed by atoms with Gasteiger partial charge in [0.1, 0.15) is 11.5 Å². The molecule has 0 bridgehead atoms. The molecule has 4 rings (SSSR count). The van der Waals surface area contributed by atoms with Gasteiger partial charge in [0, 0.05) is 28.8 Å². The van der Waals surface area contributed by atoms with Crippen molar-refractivity contribution >= 4 is 58.4 Å². The second-order valence-corrected chi connectivity index (χ2v) is 7.33. The predicted octanol–water partition coefficient (Wildman–Crippen LogP) is 6.16. The van der Waals surface area contributed by atoms with Crippen LogP contribution < -0.4 is 0 Å². The van der Waals surface area contributed by atoms with E-state index >= 15 is 0 Å². The summed E-state index contributed by atoms with van der Waals surface area (Å²) in [7, 11) is 0. The van der Waals surface area contributed by atoms with Crippen LogP contribution in [0.1, 0.15) is 11.3 Å². The maximum absolute atomic E-state index is 12.2. The lowest BCUT2D eigenvalue weighted by Gasteiger charge is -2.02. The van der Waals surface area contributed by atoms with Crippen molar-refractivity contribution in [3.63, 3.8) is 0 Å². The van der Waals surface area contributed by atoms with Crippen LogP contribution in [0, 0.1) is 10.1 Å². The number of halogens is 3. The molecule has 3 aromatic rings. The number of rotatable bonds is 4. The number of hydrogen-bond donors (Lipinski definition) is 0. The summed E-state index contributed by atoms with van der Waals surface area (Å²) in [6.45, 7) is 0. The fourth-order valence-corrected chi connectivity index (χ4v) is 3.47. The summed E-state index contributed by atoms with van der Waals surface area (Å²) >= 11 is 18.2. The van der Waals surface area contributed by atoms with E-state index in [1.54, 1.807) is 30.3 Å². The van der Waals surface area contributed by atoms with E-state index in [0.717, 1.165) is 6.07 Å². The quantitative estimate of drug-likeness (QED) is 0.200. The molecule has 0 spiro atoms. The Hall–Kier alpha value is -3.13. The van der Waals surface area contributed by atoms with Crippen LogP contribution in [0.2, 0.25) is 15.1 Å². The molecule has 0 aliphatic carbocycles. The molecule has 0 N–H and O–H groups in total. The molecule has 0 radical (unpaired) electrons. The number of nitrogens with zero attached hydrogens (tertiary/aromatic N) is 2. The summed E-state index contributed by atoms with van der Waals surface area (Å²) in [5, 5.41) is 11.8. The topological polar surface area (TPSA) is 94.9 Å². The van der Waals surface area contributed by atoms with Crippen molar-refractivity contribution in [2.75, 3.05) is 0 Å². The van der Waals surface area contributed by atoms with E-state index in [2.05, 4.69) is 4.99 Å². The fraction of sp³-hybridized carbons (Fsp3) is 0. The lowest BCUT2D eigenvalue weighted by Crippen LogP contribution is -2.06. The highest BCUT2D eigenvalue weighted by Crippen LogP contribution is 2.33. The Balaban J connectivity index is 1.63. The van der Waals surface area contributed by atoms with Crippen LogP contribution in [0.4, 0.5) is 5.69 Å². The van der Waals surface area contributed by atoms with Crippen LogP contribution in [0.3, 0.4) is 0 Å². The zero-order valence-corrected chi connectivity index (χ0v) is 17.0. The summed E-state index contributed by atoms with van der Waals surface area (Å²) in [5.41, 5.74) is 0.699. The van der Waals surface area contributed by atoms with Crippen molar-refractivity contribution in [2.45, 2.75) is 0 Å². The van der Waals surface area contributed by atoms with Crippen molar-refractivity contribution in [1.82, 2.24) is 0 Å². The molecular weight excluding hydrogens is 455 g/mol. The third-order valence-corrected chi connectivity index (χ3v) is 4.98. The first-order valence-electron chi connectivity index (χ1n) is 8.34. The molecule has 7 nitrogen and oxygen atoms in total. The second kappa shape index (κ2) is 7.95. The monoisotopic (exact) mass is 462 g/mol. The molecule has 0 atom stereocenters. The van der Waals surface area contributed by atoms with E-state index in [-0.39, 0.29) is 27.9 Å². The number of hydrogen-bond acceptors (Lipinski definition) is 6. The number of ether oxygens (including phenoxy) is 1. The molecule has 0 saturated heterocycles. The van der Waals surface area contributed by atoms with Gasteiger partial charge in [-0.15, -0.1) is 0 Å². The zero-order valence-electron chi connectivity index (χ0n) is 14.8. The SMILES string of the molecule is O=C1OC(c2ccc([N+](=O)[O-])cc2Cl)=N/C1=C/c1ccc(-c2ccc(Cl)cc2Cl)o1. The van der Waals surface area contributed by atoms with Gasteiger partial charge in [-0.2, -0.15) is 0 Å². The summed E-state index contributed by atoms with van der Waals surface area (Å²) in [5.74, 6) is 0.0702. The molecule has 1 aromatic heterocycles. The minimum absolute atomic E-state index is 0.0116. The van der Waals surface area contributed by atoms with Crippen LogP contribution in [0.25, 0.3) is 17.4 Å². The zero-order chi connectivity index (χ0) is 21.4. The number of cyclic esters (lactones) is 1. The lowest BCUT2D eigenvalue weighted by atomic mass is 10.2. The van der Waals surface area contributed by atoms with Gasteiger partial charge in [-0.1, -0.05) is 34.8 Å².